The van der Waals surface area contributed by atoms with Gasteiger partial charge in [-0.2, -0.15) is 0 Å². The number of amides is 1. The van der Waals surface area contributed by atoms with E-state index in [1.54, 1.807) is 12.4 Å². The maximum atomic E-state index is 13.5. The van der Waals surface area contributed by atoms with E-state index in [1.165, 1.54) is 12.8 Å². The van der Waals surface area contributed by atoms with E-state index in [9.17, 15) is 4.79 Å². The zero-order valence-electron chi connectivity index (χ0n) is 16.8. The summed E-state index contributed by atoms with van der Waals surface area (Å²) in [6.07, 6.45) is 5.89. The van der Waals surface area contributed by atoms with Crippen LogP contribution in [0.25, 0.3) is 0 Å². The minimum atomic E-state index is 0.00162. The molecule has 3 heterocycles. The SMILES string of the molecule is Cc1cccnc1CN(Cc1ccccc1)C(=O)c1ccnc(N2CCCC2)c1. The first-order valence-corrected chi connectivity index (χ1v) is 10.2. The second-order valence-electron chi connectivity index (χ2n) is 7.51. The standard InChI is InChI=1S/C24H26N4O/c1-19-8-7-12-25-22(19)18-28(17-20-9-3-2-4-10-20)24(29)21-11-13-26-23(16-21)27-14-5-6-15-27/h2-4,7-13,16H,5-6,14-15,17-18H2,1H3. The lowest BCUT2D eigenvalue weighted by atomic mass is 10.1. The van der Waals surface area contributed by atoms with Gasteiger partial charge in [-0.15, -0.1) is 0 Å². The Morgan fingerprint density at radius 2 is 1.76 bits per heavy atom. The second-order valence-corrected chi connectivity index (χ2v) is 7.51. The fraction of sp³-hybridized carbons (Fsp3) is 0.292. The molecule has 5 nitrogen and oxygen atoms in total. The highest BCUT2D eigenvalue weighted by molar-refractivity contribution is 5.94. The van der Waals surface area contributed by atoms with Gasteiger partial charge >= 0.3 is 0 Å². The smallest absolute Gasteiger partial charge is 0.254 e. The molecule has 0 unspecified atom stereocenters. The monoisotopic (exact) mass is 386 g/mol. The minimum Gasteiger partial charge on any atom is -0.357 e. The molecule has 1 fully saturated rings. The van der Waals surface area contributed by atoms with Crippen molar-refractivity contribution in [1.82, 2.24) is 14.9 Å². The molecule has 0 N–H and O–H groups in total. The number of pyridine rings is 2. The fourth-order valence-electron chi connectivity index (χ4n) is 3.72. The summed E-state index contributed by atoms with van der Waals surface area (Å²) in [5.74, 6) is 0.892. The van der Waals surface area contributed by atoms with Gasteiger partial charge in [0, 0.05) is 37.6 Å². The molecule has 1 saturated heterocycles. The average molecular weight is 386 g/mol. The number of aryl methyl sites for hydroxylation is 1. The van der Waals surface area contributed by atoms with Crippen molar-refractivity contribution in [2.75, 3.05) is 18.0 Å². The molecule has 4 rings (SSSR count). The molecular formula is C24H26N4O. The molecule has 1 aliphatic heterocycles. The van der Waals surface area contributed by atoms with Crippen molar-refractivity contribution >= 4 is 11.7 Å². The highest BCUT2D eigenvalue weighted by atomic mass is 16.2. The van der Waals surface area contributed by atoms with Crippen LogP contribution in [0.1, 0.15) is 40.0 Å². The number of benzene rings is 1. The van der Waals surface area contributed by atoms with Crippen LogP contribution in [0.15, 0.2) is 67.0 Å². The van der Waals surface area contributed by atoms with Crippen LogP contribution in [0.4, 0.5) is 5.82 Å². The molecule has 148 valence electrons. The van der Waals surface area contributed by atoms with E-state index in [-0.39, 0.29) is 5.91 Å². The second kappa shape index (κ2) is 8.86. The van der Waals surface area contributed by atoms with Gasteiger partial charge in [0.25, 0.3) is 5.91 Å². The zero-order chi connectivity index (χ0) is 20.1. The van der Waals surface area contributed by atoms with E-state index in [1.807, 2.05) is 66.4 Å². The molecule has 1 amide bonds. The number of hydrogen-bond acceptors (Lipinski definition) is 4. The van der Waals surface area contributed by atoms with Gasteiger partial charge in [-0.05, 0) is 49.1 Å². The van der Waals surface area contributed by atoms with Crippen LogP contribution < -0.4 is 4.90 Å². The highest BCUT2D eigenvalue weighted by Crippen LogP contribution is 2.21. The van der Waals surface area contributed by atoms with E-state index in [2.05, 4.69) is 14.9 Å². The van der Waals surface area contributed by atoms with E-state index < -0.39 is 0 Å². The van der Waals surface area contributed by atoms with Crippen LogP contribution in [-0.2, 0) is 13.1 Å². The third kappa shape index (κ3) is 4.62. The maximum absolute atomic E-state index is 13.5. The van der Waals surface area contributed by atoms with Gasteiger partial charge in [-0.25, -0.2) is 4.98 Å². The summed E-state index contributed by atoms with van der Waals surface area (Å²) < 4.78 is 0. The van der Waals surface area contributed by atoms with E-state index >= 15 is 0 Å². The number of aromatic nitrogens is 2. The Morgan fingerprint density at radius 1 is 0.966 bits per heavy atom. The zero-order valence-corrected chi connectivity index (χ0v) is 16.8. The lowest BCUT2D eigenvalue weighted by molar-refractivity contribution is 0.0727. The van der Waals surface area contributed by atoms with Crippen molar-refractivity contribution in [2.24, 2.45) is 0 Å². The first-order valence-electron chi connectivity index (χ1n) is 10.2. The largest absolute Gasteiger partial charge is 0.357 e. The van der Waals surface area contributed by atoms with Gasteiger partial charge in [0.1, 0.15) is 5.82 Å². The highest BCUT2D eigenvalue weighted by Gasteiger charge is 2.20. The first kappa shape index (κ1) is 19.1. The number of carbonyl (C=O) groups is 1. The molecular weight excluding hydrogens is 360 g/mol. The van der Waals surface area contributed by atoms with Gasteiger partial charge in [-0.3, -0.25) is 9.78 Å². The first-order chi connectivity index (χ1) is 14.2. The molecule has 0 bridgehead atoms. The predicted molar refractivity (Wildman–Crippen MR) is 115 cm³/mol. The Morgan fingerprint density at radius 3 is 2.52 bits per heavy atom. The number of hydrogen-bond donors (Lipinski definition) is 0. The summed E-state index contributed by atoms with van der Waals surface area (Å²) in [6.45, 7) is 5.06. The van der Waals surface area contributed by atoms with Gasteiger partial charge in [0.2, 0.25) is 0 Å². The summed E-state index contributed by atoms with van der Waals surface area (Å²) in [7, 11) is 0. The molecule has 3 aromatic rings. The molecule has 0 atom stereocenters. The van der Waals surface area contributed by atoms with Crippen molar-refractivity contribution in [3.63, 3.8) is 0 Å². The van der Waals surface area contributed by atoms with Crippen molar-refractivity contribution < 1.29 is 4.79 Å². The maximum Gasteiger partial charge on any atom is 0.254 e. The molecule has 0 aliphatic carbocycles. The van der Waals surface area contributed by atoms with Crippen LogP contribution in [0.2, 0.25) is 0 Å². The average Bonchev–Trinajstić information content (AvgIpc) is 3.30. The Bertz CT molecular complexity index is 967. The number of rotatable bonds is 6. The molecule has 5 heteroatoms. The van der Waals surface area contributed by atoms with Crippen molar-refractivity contribution in [1.29, 1.82) is 0 Å². The normalized spacial score (nSPS) is 13.5. The van der Waals surface area contributed by atoms with Gasteiger partial charge in [0.15, 0.2) is 0 Å². The van der Waals surface area contributed by atoms with Gasteiger partial charge in [0.05, 0.1) is 12.2 Å². The molecule has 0 radical (unpaired) electrons. The van der Waals surface area contributed by atoms with E-state index in [4.69, 9.17) is 0 Å². The third-order valence-electron chi connectivity index (χ3n) is 5.38. The number of nitrogens with zero attached hydrogens (tertiary/aromatic N) is 4. The van der Waals surface area contributed by atoms with Crippen LogP contribution in [0.3, 0.4) is 0 Å². The Balaban J connectivity index is 1.62. The van der Waals surface area contributed by atoms with Crippen molar-refractivity contribution in [2.45, 2.75) is 32.9 Å². The third-order valence-corrected chi connectivity index (χ3v) is 5.38. The van der Waals surface area contributed by atoms with Gasteiger partial charge < -0.3 is 9.80 Å². The van der Waals surface area contributed by atoms with Gasteiger partial charge in [-0.1, -0.05) is 36.4 Å². The Hall–Kier alpha value is -3.21. The Labute approximate surface area is 172 Å². The number of carbonyl (C=O) groups excluding carboxylic acids is 1. The van der Waals surface area contributed by atoms with Crippen LogP contribution in [0, 0.1) is 6.92 Å². The van der Waals surface area contributed by atoms with Crippen molar-refractivity contribution in [3.8, 4) is 0 Å². The molecule has 0 saturated carbocycles. The summed E-state index contributed by atoms with van der Waals surface area (Å²) in [4.78, 5) is 26.6. The molecule has 29 heavy (non-hydrogen) atoms. The van der Waals surface area contributed by atoms with Crippen LogP contribution in [0.5, 0.6) is 0 Å². The quantitative estimate of drug-likeness (QED) is 0.636. The summed E-state index contributed by atoms with van der Waals surface area (Å²) in [5, 5.41) is 0. The molecule has 0 spiro atoms. The topological polar surface area (TPSA) is 49.3 Å². The predicted octanol–water partition coefficient (Wildman–Crippen LogP) is 4.23. The number of anilines is 1. The van der Waals surface area contributed by atoms with Crippen molar-refractivity contribution in [3.05, 3.63) is 89.4 Å². The lowest BCUT2D eigenvalue weighted by Gasteiger charge is -2.24. The summed E-state index contributed by atoms with van der Waals surface area (Å²) in [6, 6.07) is 17.8. The van der Waals surface area contributed by atoms with Crippen LogP contribution in [-0.4, -0.2) is 33.9 Å². The molecule has 1 aromatic carbocycles. The molecule has 2 aromatic heterocycles. The minimum absolute atomic E-state index is 0.00162. The summed E-state index contributed by atoms with van der Waals surface area (Å²) in [5.41, 5.74) is 3.78. The van der Waals surface area contributed by atoms with Crippen LogP contribution >= 0.6 is 0 Å². The fourth-order valence-corrected chi connectivity index (χ4v) is 3.72. The Kier molecular flexibility index (Phi) is 5.84. The summed E-state index contributed by atoms with van der Waals surface area (Å²) >= 11 is 0. The lowest BCUT2D eigenvalue weighted by Crippen LogP contribution is -2.31. The van der Waals surface area contributed by atoms with E-state index in [0.717, 1.165) is 35.7 Å². The molecule has 1 aliphatic rings. The van der Waals surface area contributed by atoms with E-state index in [0.29, 0.717) is 18.7 Å².